The van der Waals surface area contributed by atoms with E-state index in [-0.39, 0.29) is 18.4 Å². The van der Waals surface area contributed by atoms with Gasteiger partial charge in [-0.1, -0.05) is 6.92 Å². The van der Waals surface area contributed by atoms with Crippen LogP contribution >= 0.6 is 0 Å². The second-order valence-corrected chi connectivity index (χ2v) is 3.79. The van der Waals surface area contributed by atoms with Gasteiger partial charge in [-0.2, -0.15) is 0 Å². The molecular weight excluding hydrogens is 198 g/mol. The number of nitrogens with zero attached hydrogens (tertiary/aromatic N) is 1. The highest BCUT2D eigenvalue weighted by Gasteiger charge is 2.26. The molecule has 0 radical (unpaired) electrons. The molecule has 1 aliphatic rings. The van der Waals surface area contributed by atoms with Gasteiger partial charge in [-0.15, -0.1) is 0 Å². The molecule has 1 aliphatic heterocycles. The molecule has 0 spiro atoms. The zero-order chi connectivity index (χ0) is 11.4. The van der Waals surface area contributed by atoms with Crippen LogP contribution in [0.5, 0.6) is 0 Å². The molecule has 2 atom stereocenters. The van der Waals surface area contributed by atoms with Gasteiger partial charge < -0.3 is 15.1 Å². The molecular formula is C10H15NO4. The van der Waals surface area contributed by atoms with Crippen molar-refractivity contribution in [1.82, 2.24) is 4.90 Å². The summed E-state index contributed by atoms with van der Waals surface area (Å²) in [5.74, 6) is -1.31. The predicted octanol–water partition coefficient (Wildman–Crippen LogP) is -0.144. The minimum Gasteiger partial charge on any atom is -0.478 e. The van der Waals surface area contributed by atoms with Crippen molar-refractivity contribution in [3.8, 4) is 0 Å². The molecule has 0 bridgehead atoms. The van der Waals surface area contributed by atoms with Gasteiger partial charge in [0.05, 0.1) is 6.10 Å². The monoisotopic (exact) mass is 213 g/mol. The molecule has 84 valence electrons. The van der Waals surface area contributed by atoms with Crippen LogP contribution in [0.4, 0.5) is 0 Å². The van der Waals surface area contributed by atoms with E-state index in [1.807, 2.05) is 6.92 Å². The highest BCUT2D eigenvalue weighted by Crippen LogP contribution is 2.16. The average Bonchev–Trinajstić information content (AvgIpc) is 2.18. The number of aliphatic hydroxyl groups excluding tert-OH is 1. The van der Waals surface area contributed by atoms with Crippen molar-refractivity contribution in [1.29, 1.82) is 0 Å². The van der Waals surface area contributed by atoms with E-state index in [2.05, 4.69) is 0 Å². The molecule has 0 aromatic carbocycles. The van der Waals surface area contributed by atoms with Crippen molar-refractivity contribution in [3.05, 3.63) is 12.2 Å². The van der Waals surface area contributed by atoms with Gasteiger partial charge in [0.1, 0.15) is 0 Å². The summed E-state index contributed by atoms with van der Waals surface area (Å²) in [5, 5.41) is 17.9. The van der Waals surface area contributed by atoms with Crippen molar-refractivity contribution >= 4 is 11.9 Å². The lowest BCUT2D eigenvalue weighted by molar-refractivity contribution is -0.133. The molecule has 0 aromatic rings. The van der Waals surface area contributed by atoms with E-state index in [4.69, 9.17) is 5.11 Å². The first-order valence-corrected chi connectivity index (χ1v) is 4.88. The number of carbonyl (C=O) groups excluding carboxylic acids is 1. The summed E-state index contributed by atoms with van der Waals surface area (Å²) >= 11 is 0. The maximum Gasteiger partial charge on any atom is 0.328 e. The Morgan fingerprint density at radius 3 is 2.60 bits per heavy atom. The smallest absolute Gasteiger partial charge is 0.328 e. The van der Waals surface area contributed by atoms with Crippen molar-refractivity contribution < 1.29 is 19.8 Å². The number of rotatable bonds is 2. The Hall–Kier alpha value is -1.36. The first-order chi connectivity index (χ1) is 7.00. The zero-order valence-corrected chi connectivity index (χ0v) is 8.59. The van der Waals surface area contributed by atoms with Crippen LogP contribution in [0.3, 0.4) is 0 Å². The minimum atomic E-state index is -1.14. The minimum absolute atomic E-state index is 0.192. The Bertz CT molecular complexity index is 287. The third-order valence-electron chi connectivity index (χ3n) is 2.60. The topological polar surface area (TPSA) is 77.8 Å². The van der Waals surface area contributed by atoms with E-state index in [0.29, 0.717) is 6.54 Å². The first-order valence-electron chi connectivity index (χ1n) is 4.88. The summed E-state index contributed by atoms with van der Waals surface area (Å²) in [4.78, 5) is 23.1. The van der Waals surface area contributed by atoms with Gasteiger partial charge >= 0.3 is 5.97 Å². The third-order valence-corrected chi connectivity index (χ3v) is 2.60. The Labute approximate surface area is 88.0 Å². The van der Waals surface area contributed by atoms with E-state index in [1.165, 1.54) is 4.90 Å². The molecule has 5 heteroatoms. The lowest BCUT2D eigenvalue weighted by Crippen LogP contribution is -2.45. The van der Waals surface area contributed by atoms with Crippen molar-refractivity contribution in [2.24, 2.45) is 5.92 Å². The van der Waals surface area contributed by atoms with Crippen LogP contribution in [0.2, 0.25) is 0 Å². The zero-order valence-electron chi connectivity index (χ0n) is 8.59. The number of hydrogen-bond donors (Lipinski definition) is 2. The number of carboxylic acid groups (broad SMARTS) is 1. The summed E-state index contributed by atoms with van der Waals surface area (Å²) in [7, 11) is 0. The molecule has 15 heavy (non-hydrogen) atoms. The number of likely N-dealkylation sites (tertiary alicyclic amines) is 1. The summed E-state index contributed by atoms with van der Waals surface area (Å²) in [6.07, 6.45) is 2.06. The number of aliphatic carboxylic acids is 1. The van der Waals surface area contributed by atoms with Crippen molar-refractivity contribution in [2.75, 3.05) is 13.1 Å². The summed E-state index contributed by atoms with van der Waals surface area (Å²) < 4.78 is 0. The van der Waals surface area contributed by atoms with Gasteiger partial charge in [0.2, 0.25) is 5.91 Å². The highest BCUT2D eigenvalue weighted by molar-refractivity contribution is 5.93. The number of aliphatic hydroxyl groups is 1. The van der Waals surface area contributed by atoms with Gasteiger partial charge in [-0.05, 0) is 12.3 Å². The van der Waals surface area contributed by atoms with Crippen LogP contribution in [-0.2, 0) is 9.59 Å². The Kier molecular flexibility index (Phi) is 3.85. The van der Waals surface area contributed by atoms with E-state index in [9.17, 15) is 14.7 Å². The quantitative estimate of drug-likeness (QED) is 0.626. The van der Waals surface area contributed by atoms with Crippen LogP contribution in [0, 0.1) is 5.92 Å². The van der Waals surface area contributed by atoms with Crippen LogP contribution in [0.1, 0.15) is 13.3 Å². The average molecular weight is 213 g/mol. The number of hydrogen-bond acceptors (Lipinski definition) is 3. The number of carboxylic acids is 1. The number of β-amino-alcohol motifs (C(OH)–C–C–N with tert-alkyl or cyclic N) is 1. The first kappa shape index (κ1) is 11.7. The standard InChI is InChI=1S/C10H15NO4/c1-7-4-5-11(6-8(7)12)9(13)2-3-10(14)15/h2-3,7-8,12H,4-6H2,1H3,(H,14,15)/b3-2+. The summed E-state index contributed by atoms with van der Waals surface area (Å²) in [6, 6.07) is 0. The second kappa shape index (κ2) is 4.93. The highest BCUT2D eigenvalue weighted by atomic mass is 16.4. The largest absolute Gasteiger partial charge is 0.478 e. The Balaban J connectivity index is 2.51. The lowest BCUT2D eigenvalue weighted by Gasteiger charge is -2.33. The molecule has 0 aliphatic carbocycles. The van der Waals surface area contributed by atoms with Gasteiger partial charge in [0.15, 0.2) is 0 Å². The van der Waals surface area contributed by atoms with E-state index < -0.39 is 12.1 Å². The Morgan fingerprint density at radius 2 is 2.07 bits per heavy atom. The normalized spacial score (nSPS) is 26.9. The molecule has 1 amide bonds. The van der Waals surface area contributed by atoms with Gasteiger partial charge in [-0.25, -0.2) is 4.79 Å². The SMILES string of the molecule is CC1CCN(C(=O)/C=C/C(=O)O)CC1O. The van der Waals surface area contributed by atoms with Crippen LogP contribution in [0.25, 0.3) is 0 Å². The molecule has 1 rings (SSSR count). The maximum absolute atomic E-state index is 11.4. The van der Waals surface area contributed by atoms with Crippen molar-refractivity contribution in [3.63, 3.8) is 0 Å². The predicted molar refractivity (Wildman–Crippen MR) is 53.1 cm³/mol. The molecule has 1 saturated heterocycles. The molecule has 5 nitrogen and oxygen atoms in total. The summed E-state index contributed by atoms with van der Waals surface area (Å²) in [5.41, 5.74) is 0. The maximum atomic E-state index is 11.4. The number of piperidine rings is 1. The van der Waals surface area contributed by atoms with Gasteiger partial charge in [0.25, 0.3) is 0 Å². The number of carbonyl (C=O) groups is 2. The van der Waals surface area contributed by atoms with Crippen LogP contribution < -0.4 is 0 Å². The van der Waals surface area contributed by atoms with Crippen LogP contribution in [0.15, 0.2) is 12.2 Å². The molecule has 2 N–H and O–H groups in total. The molecule has 0 aromatic heterocycles. The van der Waals surface area contributed by atoms with E-state index >= 15 is 0 Å². The molecule has 1 heterocycles. The second-order valence-electron chi connectivity index (χ2n) is 3.79. The fourth-order valence-corrected chi connectivity index (χ4v) is 1.50. The van der Waals surface area contributed by atoms with Crippen molar-refractivity contribution in [2.45, 2.75) is 19.4 Å². The molecule has 2 unspecified atom stereocenters. The van der Waals surface area contributed by atoms with Gasteiger partial charge in [-0.3, -0.25) is 4.79 Å². The fourth-order valence-electron chi connectivity index (χ4n) is 1.50. The fraction of sp³-hybridized carbons (Fsp3) is 0.600. The third kappa shape index (κ3) is 3.36. The molecule has 0 saturated carbocycles. The Morgan fingerprint density at radius 1 is 1.40 bits per heavy atom. The summed E-state index contributed by atoms with van der Waals surface area (Å²) in [6.45, 7) is 2.78. The van der Waals surface area contributed by atoms with Crippen LogP contribution in [-0.4, -0.2) is 46.2 Å². The van der Waals surface area contributed by atoms with Gasteiger partial charge in [0, 0.05) is 25.2 Å². The van der Waals surface area contributed by atoms with E-state index in [0.717, 1.165) is 18.6 Å². The molecule has 1 fully saturated rings. The number of amides is 1. The lowest BCUT2D eigenvalue weighted by atomic mass is 9.96. The van der Waals surface area contributed by atoms with E-state index in [1.54, 1.807) is 0 Å².